The van der Waals surface area contributed by atoms with Gasteiger partial charge in [0, 0.05) is 11.3 Å². The van der Waals surface area contributed by atoms with Crippen molar-refractivity contribution < 1.29 is 0 Å². The molecule has 0 nitrogen and oxygen atoms in total. The Morgan fingerprint density at radius 2 is 0.947 bits per heavy atom. The molecule has 0 saturated carbocycles. The van der Waals surface area contributed by atoms with Gasteiger partial charge in [0.15, 0.2) is 0 Å². The Morgan fingerprint density at radius 3 is 1.32 bits per heavy atom. The van der Waals surface area contributed by atoms with Crippen molar-refractivity contribution in [3.63, 3.8) is 0 Å². The molecule has 0 aromatic heterocycles. The normalized spacial score (nSPS) is 34.5. The Bertz CT molecular complexity index is 1010. The largest absolute Gasteiger partial charge is 0.0974 e. The molecule has 2 saturated heterocycles. The Balaban J connectivity index is 0.000000156. The van der Waals surface area contributed by atoms with Gasteiger partial charge in [-0.3, -0.25) is 0 Å². The SMILES string of the molecule is CC(C)(C)[P@]1CCC[C@H]1[C@@H]1CCC[P@@]1C(C)(C)C.C[P@]1Cc2ccccc2[C@H]1[C@@H]1c2ccccc2C[P@@]1C. The lowest BCUT2D eigenvalue weighted by Gasteiger charge is -2.42. The third-order valence-electron chi connectivity index (χ3n) is 9.60. The molecule has 0 amide bonds. The highest BCUT2D eigenvalue weighted by molar-refractivity contribution is 7.64. The van der Waals surface area contributed by atoms with Crippen LogP contribution in [0.5, 0.6) is 0 Å². The molecule has 2 aromatic rings. The van der Waals surface area contributed by atoms with Crippen LogP contribution >= 0.6 is 31.7 Å². The molecule has 208 valence electrons. The quantitative estimate of drug-likeness (QED) is 0.308. The zero-order chi connectivity index (χ0) is 27.2. The molecule has 4 heterocycles. The van der Waals surface area contributed by atoms with Crippen LogP contribution in [0.15, 0.2) is 48.5 Å². The van der Waals surface area contributed by atoms with Gasteiger partial charge in [0.1, 0.15) is 0 Å². The molecule has 6 rings (SSSR count). The smallest absolute Gasteiger partial charge is 0.0153 e. The molecule has 0 aliphatic carbocycles. The van der Waals surface area contributed by atoms with Crippen molar-refractivity contribution in [2.75, 3.05) is 25.7 Å². The van der Waals surface area contributed by atoms with E-state index in [0.717, 1.165) is 22.6 Å². The lowest BCUT2D eigenvalue weighted by Crippen LogP contribution is -2.29. The molecule has 4 aliphatic heterocycles. The highest BCUT2D eigenvalue weighted by Crippen LogP contribution is 2.73. The fraction of sp³-hybridized carbons (Fsp3) is 0.647. The van der Waals surface area contributed by atoms with Crippen molar-refractivity contribution >= 4 is 31.7 Å². The molecule has 0 radical (unpaired) electrons. The van der Waals surface area contributed by atoms with Crippen LogP contribution in [0.4, 0.5) is 0 Å². The van der Waals surface area contributed by atoms with E-state index in [9.17, 15) is 0 Å². The summed E-state index contributed by atoms with van der Waals surface area (Å²) in [5.41, 5.74) is 10.4. The Kier molecular flexibility index (Phi) is 9.21. The van der Waals surface area contributed by atoms with Crippen LogP contribution in [0.3, 0.4) is 0 Å². The van der Waals surface area contributed by atoms with Crippen LogP contribution in [0.25, 0.3) is 0 Å². The number of fused-ring (bicyclic) bond motifs is 2. The molecular weight excluding hydrogens is 532 g/mol. The number of hydrogen-bond acceptors (Lipinski definition) is 0. The zero-order valence-corrected chi connectivity index (χ0v) is 29.0. The zero-order valence-electron chi connectivity index (χ0n) is 25.4. The summed E-state index contributed by atoms with van der Waals surface area (Å²) in [6.07, 6.45) is 12.0. The predicted molar refractivity (Wildman–Crippen MR) is 181 cm³/mol. The molecule has 4 aliphatic rings. The van der Waals surface area contributed by atoms with Gasteiger partial charge in [-0.05, 0) is 108 Å². The highest BCUT2D eigenvalue weighted by Gasteiger charge is 2.46. The molecule has 4 heteroatoms. The molecule has 0 N–H and O–H groups in total. The first-order valence-electron chi connectivity index (χ1n) is 15.1. The van der Waals surface area contributed by atoms with E-state index in [1.807, 2.05) is 0 Å². The van der Waals surface area contributed by atoms with Crippen molar-refractivity contribution in [2.24, 2.45) is 0 Å². The topological polar surface area (TPSA) is 0 Å². The van der Waals surface area contributed by atoms with E-state index in [-0.39, 0.29) is 31.7 Å². The molecule has 38 heavy (non-hydrogen) atoms. The van der Waals surface area contributed by atoms with Gasteiger partial charge >= 0.3 is 0 Å². The monoisotopic (exact) mass is 584 g/mol. The third-order valence-corrected chi connectivity index (χ3v) is 22.7. The maximum Gasteiger partial charge on any atom is 0.0153 e. The van der Waals surface area contributed by atoms with Crippen LogP contribution in [0.1, 0.15) is 101 Å². The molecule has 8 atom stereocenters. The van der Waals surface area contributed by atoms with Crippen LogP contribution in [0, 0.1) is 0 Å². The van der Waals surface area contributed by atoms with Gasteiger partial charge in [-0.25, -0.2) is 0 Å². The second kappa shape index (κ2) is 11.8. The molecule has 0 bridgehead atoms. The van der Waals surface area contributed by atoms with Crippen molar-refractivity contribution in [3.8, 4) is 0 Å². The summed E-state index contributed by atoms with van der Waals surface area (Å²) in [4.78, 5) is 0. The first-order chi connectivity index (χ1) is 18.0. The molecule has 2 fully saturated rings. The highest BCUT2D eigenvalue weighted by atomic mass is 31.1. The third kappa shape index (κ3) is 6.02. The average Bonchev–Trinajstić information content (AvgIpc) is 3.62. The number of hydrogen-bond donors (Lipinski definition) is 0. The summed E-state index contributed by atoms with van der Waals surface area (Å²) < 4.78 is 0. The standard InChI is InChI=1S/C18H20P2.C16H32P2/c1-19-11-13-7-3-5-9-15(13)17(19)18-16-10-6-4-8-14(16)12-20(18)2;1-15(2,3)17-11-7-9-13(17)14-10-8-12-18(14)16(4,5)6/h3-10,17-18H,11-12H2,1-2H3;13-14H,7-12H2,1-6H3/t17-,18-,19+,20+;13-,14-,17+,18+/m00/s1. The van der Waals surface area contributed by atoms with E-state index in [2.05, 4.69) is 103 Å². The summed E-state index contributed by atoms with van der Waals surface area (Å²) in [6, 6.07) is 18.4. The van der Waals surface area contributed by atoms with Gasteiger partial charge in [0.25, 0.3) is 0 Å². The molecular formula is C34H52P4. The second-order valence-electron chi connectivity index (χ2n) is 14.3. The minimum atomic E-state index is 0.0988. The van der Waals surface area contributed by atoms with Gasteiger partial charge in [-0.15, -0.1) is 0 Å². The van der Waals surface area contributed by atoms with E-state index in [1.165, 1.54) is 25.2 Å². The van der Waals surface area contributed by atoms with Crippen molar-refractivity contribution in [1.82, 2.24) is 0 Å². The van der Waals surface area contributed by atoms with Gasteiger partial charge in [0.2, 0.25) is 0 Å². The summed E-state index contributed by atoms with van der Waals surface area (Å²) in [6.45, 7) is 20.1. The van der Waals surface area contributed by atoms with Crippen LogP contribution in [-0.2, 0) is 12.3 Å². The summed E-state index contributed by atoms with van der Waals surface area (Å²) >= 11 is 0. The molecule has 0 unspecified atom stereocenters. The first-order valence-corrected chi connectivity index (χ1v) is 22.3. The first kappa shape index (κ1) is 29.6. The van der Waals surface area contributed by atoms with E-state index >= 15 is 0 Å². The van der Waals surface area contributed by atoms with Gasteiger partial charge in [-0.1, -0.05) is 122 Å². The molecule has 2 aromatic carbocycles. The van der Waals surface area contributed by atoms with Crippen molar-refractivity contribution in [1.29, 1.82) is 0 Å². The van der Waals surface area contributed by atoms with Crippen LogP contribution in [-0.4, -0.2) is 47.3 Å². The minimum Gasteiger partial charge on any atom is -0.0974 e. The van der Waals surface area contributed by atoms with E-state index < -0.39 is 0 Å². The average molecular weight is 585 g/mol. The maximum atomic E-state index is 2.52. The van der Waals surface area contributed by atoms with E-state index in [4.69, 9.17) is 0 Å². The van der Waals surface area contributed by atoms with Gasteiger partial charge < -0.3 is 0 Å². The maximum absolute atomic E-state index is 2.52. The summed E-state index contributed by atoms with van der Waals surface area (Å²) in [5, 5.41) is 1.19. The Morgan fingerprint density at radius 1 is 0.579 bits per heavy atom. The van der Waals surface area contributed by atoms with E-state index in [0.29, 0.717) is 10.3 Å². The second-order valence-corrected chi connectivity index (χ2v) is 25.8. The van der Waals surface area contributed by atoms with Gasteiger partial charge in [0.05, 0.1) is 0 Å². The van der Waals surface area contributed by atoms with Gasteiger partial charge in [-0.2, -0.15) is 0 Å². The number of rotatable bonds is 2. The predicted octanol–water partition coefficient (Wildman–Crippen LogP) is 11.6. The van der Waals surface area contributed by atoms with E-state index in [1.54, 1.807) is 47.4 Å². The summed E-state index contributed by atoms with van der Waals surface area (Å²) in [7, 11) is 0.761. The minimum absolute atomic E-state index is 0.0988. The van der Waals surface area contributed by atoms with Crippen LogP contribution in [0.2, 0.25) is 0 Å². The van der Waals surface area contributed by atoms with Crippen LogP contribution < -0.4 is 0 Å². The Hall–Kier alpha value is 0.160. The summed E-state index contributed by atoms with van der Waals surface area (Å²) in [5.74, 6) is 0. The fourth-order valence-electron chi connectivity index (χ4n) is 8.02. The lowest BCUT2D eigenvalue weighted by molar-refractivity contribution is 0.671. The molecule has 0 spiro atoms. The fourth-order valence-corrected chi connectivity index (χ4v) is 22.3. The number of benzene rings is 2. The lowest BCUT2D eigenvalue weighted by atomic mass is 9.98. The van der Waals surface area contributed by atoms with Crippen molar-refractivity contribution in [3.05, 3.63) is 70.8 Å². The van der Waals surface area contributed by atoms with Crippen molar-refractivity contribution in [2.45, 2.75) is 112 Å². The Labute approximate surface area is 239 Å².